The third-order valence-electron chi connectivity index (χ3n) is 3.15. The SMILES string of the molecule is C#CCNc1ccc(C(=O)CCN(CC)CC)cc1. The van der Waals surface area contributed by atoms with Gasteiger partial charge in [0.15, 0.2) is 5.78 Å². The molecule has 3 nitrogen and oxygen atoms in total. The van der Waals surface area contributed by atoms with E-state index in [1.54, 1.807) is 0 Å². The Balaban J connectivity index is 2.51. The molecule has 0 aliphatic rings. The Morgan fingerprint density at radius 2 is 1.89 bits per heavy atom. The smallest absolute Gasteiger partial charge is 0.164 e. The molecule has 3 heteroatoms. The maximum absolute atomic E-state index is 12.0. The molecule has 1 aromatic rings. The number of terminal acetylenes is 1. The summed E-state index contributed by atoms with van der Waals surface area (Å²) in [5.74, 6) is 2.71. The molecule has 0 heterocycles. The van der Waals surface area contributed by atoms with E-state index in [2.05, 4.69) is 30.0 Å². The summed E-state index contributed by atoms with van der Waals surface area (Å²) in [4.78, 5) is 14.3. The van der Waals surface area contributed by atoms with Crippen LogP contribution < -0.4 is 5.32 Å². The van der Waals surface area contributed by atoms with Crippen molar-refractivity contribution in [2.75, 3.05) is 31.5 Å². The van der Waals surface area contributed by atoms with E-state index in [-0.39, 0.29) is 5.78 Å². The van der Waals surface area contributed by atoms with Gasteiger partial charge in [0.1, 0.15) is 0 Å². The van der Waals surface area contributed by atoms with Crippen molar-refractivity contribution in [3.8, 4) is 12.3 Å². The van der Waals surface area contributed by atoms with Crippen LogP contribution in [0.15, 0.2) is 24.3 Å². The summed E-state index contributed by atoms with van der Waals surface area (Å²) in [5.41, 5.74) is 1.71. The van der Waals surface area contributed by atoms with Gasteiger partial charge in [0.25, 0.3) is 0 Å². The van der Waals surface area contributed by atoms with Crippen molar-refractivity contribution in [2.24, 2.45) is 0 Å². The molecule has 1 aromatic carbocycles. The molecular formula is C16H22N2O. The highest BCUT2D eigenvalue weighted by Gasteiger charge is 2.07. The molecule has 0 saturated carbocycles. The number of nitrogens with one attached hydrogen (secondary N) is 1. The summed E-state index contributed by atoms with van der Waals surface area (Å²) in [7, 11) is 0. The fourth-order valence-corrected chi connectivity index (χ4v) is 1.87. The van der Waals surface area contributed by atoms with Gasteiger partial charge in [-0.2, -0.15) is 0 Å². The number of anilines is 1. The summed E-state index contributed by atoms with van der Waals surface area (Å²) in [6.07, 6.45) is 5.75. The average molecular weight is 258 g/mol. The number of rotatable bonds is 8. The van der Waals surface area contributed by atoms with Crippen LogP contribution in [-0.2, 0) is 0 Å². The minimum atomic E-state index is 0.190. The quantitative estimate of drug-likeness (QED) is 0.574. The van der Waals surface area contributed by atoms with Crippen LogP contribution in [0.5, 0.6) is 0 Å². The lowest BCUT2D eigenvalue weighted by Gasteiger charge is -2.17. The second-order valence-corrected chi connectivity index (χ2v) is 4.34. The summed E-state index contributed by atoms with van der Waals surface area (Å²) in [6.45, 7) is 7.51. The van der Waals surface area contributed by atoms with Crippen molar-refractivity contribution < 1.29 is 4.79 Å². The molecule has 0 fully saturated rings. The first-order valence-corrected chi connectivity index (χ1v) is 6.74. The molecule has 0 saturated heterocycles. The van der Waals surface area contributed by atoms with Crippen LogP contribution in [0.2, 0.25) is 0 Å². The number of hydrogen-bond donors (Lipinski definition) is 1. The lowest BCUT2D eigenvalue weighted by Crippen LogP contribution is -2.25. The molecule has 0 aliphatic heterocycles. The zero-order valence-corrected chi connectivity index (χ0v) is 11.8. The van der Waals surface area contributed by atoms with Crippen LogP contribution in [0.25, 0.3) is 0 Å². The number of carbonyl (C=O) groups excluding carboxylic acids is 1. The van der Waals surface area contributed by atoms with E-state index in [9.17, 15) is 4.79 Å². The van der Waals surface area contributed by atoms with Gasteiger partial charge in [-0.25, -0.2) is 0 Å². The van der Waals surface area contributed by atoms with E-state index in [1.807, 2.05) is 24.3 Å². The van der Waals surface area contributed by atoms with Crippen LogP contribution in [0.4, 0.5) is 5.69 Å². The predicted molar refractivity (Wildman–Crippen MR) is 80.5 cm³/mol. The van der Waals surface area contributed by atoms with Crippen LogP contribution >= 0.6 is 0 Å². The van der Waals surface area contributed by atoms with E-state index in [4.69, 9.17) is 6.42 Å². The summed E-state index contributed by atoms with van der Waals surface area (Å²) >= 11 is 0. The van der Waals surface area contributed by atoms with E-state index in [1.165, 1.54) is 0 Å². The summed E-state index contributed by atoms with van der Waals surface area (Å²) < 4.78 is 0. The topological polar surface area (TPSA) is 32.3 Å². The van der Waals surface area contributed by atoms with Gasteiger partial charge in [-0.1, -0.05) is 19.8 Å². The standard InChI is InChI=1S/C16H22N2O/c1-4-12-17-15-9-7-14(8-10-15)16(19)11-13-18(5-2)6-3/h1,7-10,17H,5-6,11-13H2,2-3H3. The van der Waals surface area contributed by atoms with Crippen molar-refractivity contribution in [1.82, 2.24) is 4.90 Å². The van der Waals surface area contributed by atoms with Gasteiger partial charge in [0.05, 0.1) is 6.54 Å². The molecule has 0 aromatic heterocycles. The van der Waals surface area contributed by atoms with Crippen molar-refractivity contribution in [3.63, 3.8) is 0 Å². The summed E-state index contributed by atoms with van der Waals surface area (Å²) in [6, 6.07) is 7.48. The molecule has 102 valence electrons. The molecule has 0 bridgehead atoms. The van der Waals surface area contributed by atoms with Crippen molar-refractivity contribution >= 4 is 11.5 Å². The van der Waals surface area contributed by atoms with E-state index in [0.717, 1.165) is 30.9 Å². The molecule has 0 atom stereocenters. The predicted octanol–water partition coefficient (Wildman–Crippen LogP) is 2.65. The number of nitrogens with zero attached hydrogens (tertiary/aromatic N) is 1. The van der Waals surface area contributed by atoms with E-state index in [0.29, 0.717) is 13.0 Å². The second-order valence-electron chi connectivity index (χ2n) is 4.34. The number of Topliss-reactive ketones (excluding diaryl/α,β-unsaturated/α-hetero) is 1. The average Bonchev–Trinajstić information content (AvgIpc) is 2.46. The lowest BCUT2D eigenvalue weighted by atomic mass is 10.1. The number of ketones is 1. The normalized spacial score (nSPS) is 10.2. The Morgan fingerprint density at radius 1 is 1.26 bits per heavy atom. The Bertz CT molecular complexity index is 427. The van der Waals surface area contributed by atoms with Gasteiger partial charge in [-0.05, 0) is 37.4 Å². The molecule has 0 unspecified atom stereocenters. The molecule has 19 heavy (non-hydrogen) atoms. The fraction of sp³-hybridized carbons (Fsp3) is 0.438. The second kappa shape index (κ2) is 8.34. The van der Waals surface area contributed by atoms with Crippen molar-refractivity contribution in [1.29, 1.82) is 0 Å². The molecule has 0 spiro atoms. The Hall–Kier alpha value is -1.79. The monoisotopic (exact) mass is 258 g/mol. The number of carbonyl (C=O) groups is 1. The van der Waals surface area contributed by atoms with E-state index >= 15 is 0 Å². The maximum atomic E-state index is 12.0. The first-order valence-electron chi connectivity index (χ1n) is 6.74. The van der Waals surface area contributed by atoms with Crippen molar-refractivity contribution in [2.45, 2.75) is 20.3 Å². The number of benzene rings is 1. The van der Waals surface area contributed by atoms with Gasteiger partial charge in [0.2, 0.25) is 0 Å². The molecule has 1 N–H and O–H groups in total. The minimum Gasteiger partial charge on any atom is -0.374 e. The van der Waals surface area contributed by atoms with Crippen LogP contribution in [-0.4, -0.2) is 36.9 Å². The molecule has 0 aliphatic carbocycles. The van der Waals surface area contributed by atoms with Gasteiger partial charge in [0, 0.05) is 24.2 Å². The lowest BCUT2D eigenvalue weighted by molar-refractivity contribution is 0.0966. The summed E-state index contributed by atoms with van der Waals surface area (Å²) in [5, 5.41) is 3.07. The Labute approximate surface area is 116 Å². The third kappa shape index (κ3) is 5.15. The maximum Gasteiger partial charge on any atom is 0.164 e. The number of hydrogen-bond acceptors (Lipinski definition) is 3. The van der Waals surface area contributed by atoms with Gasteiger partial charge in [-0.3, -0.25) is 4.79 Å². The largest absolute Gasteiger partial charge is 0.374 e. The molecule has 0 radical (unpaired) electrons. The van der Waals surface area contributed by atoms with E-state index < -0.39 is 0 Å². The zero-order chi connectivity index (χ0) is 14.1. The van der Waals surface area contributed by atoms with Crippen molar-refractivity contribution in [3.05, 3.63) is 29.8 Å². The van der Waals surface area contributed by atoms with Crippen LogP contribution in [0, 0.1) is 12.3 Å². The highest BCUT2D eigenvalue weighted by Crippen LogP contribution is 2.11. The zero-order valence-electron chi connectivity index (χ0n) is 11.8. The van der Waals surface area contributed by atoms with Gasteiger partial charge >= 0.3 is 0 Å². The first kappa shape index (κ1) is 15.3. The van der Waals surface area contributed by atoms with Crippen LogP contribution in [0.1, 0.15) is 30.6 Å². The molecule has 0 amide bonds. The molecule has 1 rings (SSSR count). The van der Waals surface area contributed by atoms with Gasteiger partial charge < -0.3 is 10.2 Å². The highest BCUT2D eigenvalue weighted by molar-refractivity contribution is 5.96. The third-order valence-corrected chi connectivity index (χ3v) is 3.15. The van der Waals surface area contributed by atoms with Gasteiger partial charge in [-0.15, -0.1) is 6.42 Å². The first-order chi connectivity index (χ1) is 9.21. The minimum absolute atomic E-state index is 0.190. The van der Waals surface area contributed by atoms with Crippen LogP contribution in [0.3, 0.4) is 0 Å². The Kier molecular flexibility index (Phi) is 6.70. The Morgan fingerprint density at radius 3 is 2.42 bits per heavy atom. The fourth-order valence-electron chi connectivity index (χ4n) is 1.87. The highest BCUT2D eigenvalue weighted by atomic mass is 16.1. The molecular weight excluding hydrogens is 236 g/mol.